The molecule has 8 nitrogen and oxygen atoms in total. The van der Waals surface area contributed by atoms with E-state index in [0.717, 1.165) is 18.4 Å². The molecule has 9 heteroatoms. The molecule has 0 aromatic heterocycles. The second-order valence-corrected chi connectivity index (χ2v) is 9.41. The van der Waals surface area contributed by atoms with Crippen molar-refractivity contribution >= 4 is 21.8 Å². The van der Waals surface area contributed by atoms with Gasteiger partial charge in [-0.3, -0.25) is 14.5 Å². The number of rotatable bonds is 10. The van der Waals surface area contributed by atoms with E-state index in [1.54, 1.807) is 24.3 Å². The lowest BCUT2D eigenvalue weighted by Crippen LogP contribution is -2.41. The predicted octanol–water partition coefficient (Wildman–Crippen LogP) is 2.15. The van der Waals surface area contributed by atoms with Crippen molar-refractivity contribution in [2.75, 3.05) is 13.2 Å². The first-order valence-electron chi connectivity index (χ1n) is 10.7. The highest BCUT2D eigenvalue weighted by molar-refractivity contribution is 7.90. The molecule has 3 rings (SSSR count). The number of hydrogen-bond acceptors (Lipinski definition) is 6. The van der Waals surface area contributed by atoms with Gasteiger partial charge in [-0.25, -0.2) is 8.42 Å². The standard InChI is InChI=1S/C23H29N3O5S/c1-3-4-11-20(25-22-19-10-5-6-12-21(19)32(29,30)26-22)23(28)24-14-17(27)15-31-18-9-7-8-16(2)13-18/h5-10,12-13,17,20,27H,3-4,11,14-15H2,1-2H3,(H,24,28)(H,25,26). The maximum atomic E-state index is 12.8. The molecule has 0 saturated heterocycles. The van der Waals surface area contributed by atoms with Gasteiger partial charge in [-0.2, -0.15) is 0 Å². The Morgan fingerprint density at radius 3 is 2.75 bits per heavy atom. The van der Waals surface area contributed by atoms with Gasteiger partial charge < -0.3 is 15.2 Å². The molecule has 0 spiro atoms. The monoisotopic (exact) mass is 459 g/mol. The quantitative estimate of drug-likeness (QED) is 0.503. The van der Waals surface area contributed by atoms with Gasteiger partial charge >= 0.3 is 0 Å². The minimum atomic E-state index is -3.68. The summed E-state index contributed by atoms with van der Waals surface area (Å²) in [5, 5.41) is 12.9. The number of hydrogen-bond donors (Lipinski definition) is 3. The van der Waals surface area contributed by atoms with Crippen LogP contribution in [0.15, 0.2) is 58.4 Å². The van der Waals surface area contributed by atoms with Gasteiger partial charge in [0, 0.05) is 12.1 Å². The third-order valence-corrected chi connectivity index (χ3v) is 6.42. The summed E-state index contributed by atoms with van der Waals surface area (Å²) in [5.74, 6) is 0.444. The molecule has 2 unspecified atom stereocenters. The molecule has 0 saturated carbocycles. The number of aliphatic imine (C=N–C) groups is 1. The van der Waals surface area contributed by atoms with E-state index in [1.807, 2.05) is 32.0 Å². The highest BCUT2D eigenvalue weighted by atomic mass is 32.2. The number of fused-ring (bicyclic) bond motifs is 1. The zero-order valence-corrected chi connectivity index (χ0v) is 19.1. The molecule has 2 aromatic carbocycles. The summed E-state index contributed by atoms with van der Waals surface area (Å²) in [7, 11) is -3.68. The SMILES string of the molecule is CCCCC(N=C1NS(=O)(=O)c2ccccc21)C(=O)NCC(O)COc1cccc(C)c1. The molecule has 0 bridgehead atoms. The van der Waals surface area contributed by atoms with Gasteiger partial charge in [0.1, 0.15) is 30.3 Å². The number of sulfonamides is 1. The van der Waals surface area contributed by atoms with E-state index in [0.29, 0.717) is 17.7 Å². The highest BCUT2D eigenvalue weighted by Crippen LogP contribution is 2.23. The Morgan fingerprint density at radius 2 is 2.00 bits per heavy atom. The van der Waals surface area contributed by atoms with Crippen molar-refractivity contribution in [3.63, 3.8) is 0 Å². The zero-order valence-electron chi connectivity index (χ0n) is 18.2. The van der Waals surface area contributed by atoms with Gasteiger partial charge in [0.15, 0.2) is 0 Å². The molecule has 3 N–H and O–H groups in total. The Bertz CT molecular complexity index is 1080. The molecule has 1 aliphatic heterocycles. The normalized spacial score (nSPS) is 17.3. The number of nitrogens with zero attached hydrogens (tertiary/aromatic N) is 1. The number of amidine groups is 1. The Balaban J connectivity index is 1.63. The minimum Gasteiger partial charge on any atom is -0.491 e. The summed E-state index contributed by atoms with van der Waals surface area (Å²) < 4.78 is 32.6. The average molecular weight is 460 g/mol. The van der Waals surface area contributed by atoms with Gasteiger partial charge in [-0.1, -0.05) is 44.0 Å². The van der Waals surface area contributed by atoms with E-state index in [4.69, 9.17) is 4.74 Å². The van der Waals surface area contributed by atoms with Gasteiger partial charge in [-0.15, -0.1) is 0 Å². The number of ether oxygens (including phenoxy) is 1. The summed E-state index contributed by atoms with van der Waals surface area (Å²) in [6.45, 7) is 3.98. The topological polar surface area (TPSA) is 117 Å². The fourth-order valence-electron chi connectivity index (χ4n) is 3.33. The number of aryl methyl sites for hydroxylation is 1. The van der Waals surface area contributed by atoms with Crippen LogP contribution in [-0.4, -0.2) is 50.6 Å². The van der Waals surface area contributed by atoms with Crippen LogP contribution < -0.4 is 14.8 Å². The minimum absolute atomic E-state index is 0.000438. The number of aliphatic hydroxyl groups excluding tert-OH is 1. The first kappa shape index (κ1) is 23.7. The Kier molecular flexibility index (Phi) is 7.87. The molecule has 2 atom stereocenters. The lowest BCUT2D eigenvalue weighted by Gasteiger charge is -2.17. The van der Waals surface area contributed by atoms with Gasteiger partial charge in [0.25, 0.3) is 10.0 Å². The summed E-state index contributed by atoms with van der Waals surface area (Å²) in [6.07, 6.45) is 1.18. The fourth-order valence-corrected chi connectivity index (χ4v) is 4.57. The largest absolute Gasteiger partial charge is 0.491 e. The number of unbranched alkanes of at least 4 members (excludes halogenated alkanes) is 1. The second kappa shape index (κ2) is 10.6. The third-order valence-electron chi connectivity index (χ3n) is 5.03. The number of benzene rings is 2. The molecule has 1 amide bonds. The Labute approximate surface area is 188 Å². The first-order chi connectivity index (χ1) is 15.3. The van der Waals surface area contributed by atoms with Crippen LogP contribution in [0.2, 0.25) is 0 Å². The number of carbonyl (C=O) groups excluding carboxylic acids is 1. The van der Waals surface area contributed by atoms with Crippen molar-refractivity contribution in [1.82, 2.24) is 10.0 Å². The van der Waals surface area contributed by atoms with Crippen molar-refractivity contribution in [2.45, 2.75) is 50.2 Å². The van der Waals surface area contributed by atoms with Crippen molar-refractivity contribution in [1.29, 1.82) is 0 Å². The molecule has 1 heterocycles. The van der Waals surface area contributed by atoms with Crippen LogP contribution in [0.3, 0.4) is 0 Å². The highest BCUT2D eigenvalue weighted by Gasteiger charge is 2.31. The van der Waals surface area contributed by atoms with Crippen LogP contribution in [0.4, 0.5) is 0 Å². The van der Waals surface area contributed by atoms with Gasteiger partial charge in [0.2, 0.25) is 5.91 Å². The maximum absolute atomic E-state index is 12.8. The molecule has 0 aliphatic carbocycles. The maximum Gasteiger partial charge on any atom is 0.263 e. The van der Waals surface area contributed by atoms with Crippen molar-refractivity contribution < 1.29 is 23.1 Å². The van der Waals surface area contributed by atoms with Crippen LogP contribution in [0.5, 0.6) is 5.75 Å². The van der Waals surface area contributed by atoms with Gasteiger partial charge in [-0.05, 0) is 43.2 Å². The number of aliphatic hydroxyl groups is 1. The van der Waals surface area contributed by atoms with Crippen LogP contribution >= 0.6 is 0 Å². The average Bonchev–Trinajstić information content (AvgIpc) is 3.03. The van der Waals surface area contributed by atoms with Crippen molar-refractivity contribution in [3.05, 3.63) is 59.7 Å². The van der Waals surface area contributed by atoms with Crippen LogP contribution in [0, 0.1) is 6.92 Å². The van der Waals surface area contributed by atoms with E-state index in [-0.39, 0.29) is 29.8 Å². The number of amides is 1. The molecule has 172 valence electrons. The zero-order chi connectivity index (χ0) is 23.1. The van der Waals surface area contributed by atoms with E-state index in [2.05, 4.69) is 15.0 Å². The van der Waals surface area contributed by atoms with Crippen LogP contribution in [0.1, 0.15) is 37.3 Å². The number of nitrogens with one attached hydrogen (secondary N) is 2. The summed E-state index contributed by atoms with van der Waals surface area (Å²) in [6, 6.07) is 13.2. The van der Waals surface area contributed by atoms with Crippen molar-refractivity contribution in [3.8, 4) is 5.75 Å². The number of carbonyl (C=O) groups is 1. The van der Waals surface area contributed by atoms with E-state index in [1.165, 1.54) is 6.07 Å². The molecular formula is C23H29N3O5S. The van der Waals surface area contributed by atoms with E-state index in [9.17, 15) is 18.3 Å². The fraction of sp³-hybridized carbons (Fsp3) is 0.391. The molecule has 0 radical (unpaired) electrons. The third kappa shape index (κ3) is 6.08. The van der Waals surface area contributed by atoms with Gasteiger partial charge in [0.05, 0.1) is 4.90 Å². The van der Waals surface area contributed by atoms with Crippen LogP contribution in [-0.2, 0) is 14.8 Å². The van der Waals surface area contributed by atoms with Crippen molar-refractivity contribution in [2.24, 2.45) is 4.99 Å². The smallest absolute Gasteiger partial charge is 0.263 e. The Morgan fingerprint density at radius 1 is 1.22 bits per heavy atom. The molecule has 0 fully saturated rings. The first-order valence-corrected chi connectivity index (χ1v) is 12.1. The van der Waals surface area contributed by atoms with Crippen LogP contribution in [0.25, 0.3) is 0 Å². The summed E-state index contributed by atoms with van der Waals surface area (Å²) in [4.78, 5) is 17.4. The lowest BCUT2D eigenvalue weighted by atomic mass is 10.1. The molecule has 1 aliphatic rings. The van der Waals surface area contributed by atoms with E-state index < -0.39 is 22.2 Å². The summed E-state index contributed by atoms with van der Waals surface area (Å²) in [5.41, 5.74) is 1.50. The molecular weight excluding hydrogens is 430 g/mol. The van der Waals surface area contributed by atoms with E-state index >= 15 is 0 Å². The molecule has 32 heavy (non-hydrogen) atoms. The Hall–Kier alpha value is -2.91. The summed E-state index contributed by atoms with van der Waals surface area (Å²) >= 11 is 0. The predicted molar refractivity (Wildman–Crippen MR) is 122 cm³/mol. The second-order valence-electron chi connectivity index (χ2n) is 7.76. The lowest BCUT2D eigenvalue weighted by molar-refractivity contribution is -0.123. The molecule has 2 aromatic rings.